The fraction of sp³-hybridized carbons (Fsp3) is 0.467. The summed E-state index contributed by atoms with van der Waals surface area (Å²) in [7, 11) is 0. The second kappa shape index (κ2) is 4.68. The molecule has 0 aromatic carbocycles. The molecule has 5 heteroatoms. The number of rotatable bonds is 2. The van der Waals surface area contributed by atoms with Crippen LogP contribution in [0.3, 0.4) is 0 Å². The minimum atomic E-state index is -0.644. The van der Waals surface area contributed by atoms with Gasteiger partial charge in [0, 0.05) is 29.2 Å². The minimum Gasteiger partial charge on any atom is -0.404 e. The Balaban J connectivity index is 2.00. The standard InChI is InChI=1S/C15H18N2O3/c1-15(2)7-5-11(17-15)13(19)9-6-8-16-14-10(9)3-4-12(18)20-14/h3-4,6,8,11,13,17,19H,5,7H2,1-2H3/t11-,13+/m0/s1. The monoisotopic (exact) mass is 274 g/mol. The fourth-order valence-corrected chi connectivity index (χ4v) is 2.87. The van der Waals surface area contributed by atoms with Gasteiger partial charge in [0.1, 0.15) is 0 Å². The van der Waals surface area contributed by atoms with Crippen molar-refractivity contribution in [3.8, 4) is 0 Å². The number of pyridine rings is 1. The zero-order chi connectivity index (χ0) is 14.3. The van der Waals surface area contributed by atoms with Crippen LogP contribution >= 0.6 is 0 Å². The van der Waals surface area contributed by atoms with E-state index in [4.69, 9.17) is 4.42 Å². The summed E-state index contributed by atoms with van der Waals surface area (Å²) in [6.45, 7) is 4.26. The Morgan fingerprint density at radius 3 is 2.95 bits per heavy atom. The maximum Gasteiger partial charge on any atom is 0.337 e. The summed E-state index contributed by atoms with van der Waals surface area (Å²) in [6, 6.07) is 4.79. The van der Waals surface area contributed by atoms with Gasteiger partial charge in [-0.1, -0.05) is 0 Å². The molecule has 5 nitrogen and oxygen atoms in total. The molecule has 0 unspecified atom stereocenters. The van der Waals surface area contributed by atoms with Crippen molar-refractivity contribution in [2.24, 2.45) is 0 Å². The van der Waals surface area contributed by atoms with Crippen molar-refractivity contribution in [1.82, 2.24) is 10.3 Å². The molecule has 1 saturated heterocycles. The van der Waals surface area contributed by atoms with Gasteiger partial charge in [0.05, 0.1) is 6.10 Å². The molecule has 106 valence electrons. The van der Waals surface area contributed by atoms with Gasteiger partial charge >= 0.3 is 5.63 Å². The highest BCUT2D eigenvalue weighted by atomic mass is 16.4. The van der Waals surface area contributed by atoms with Crippen LogP contribution in [0.15, 0.2) is 33.6 Å². The van der Waals surface area contributed by atoms with Crippen LogP contribution in [0.5, 0.6) is 0 Å². The Bertz CT molecular complexity index is 693. The quantitative estimate of drug-likeness (QED) is 0.872. The highest BCUT2D eigenvalue weighted by Crippen LogP contribution is 2.32. The van der Waals surface area contributed by atoms with Gasteiger partial charge in [-0.05, 0) is 44.4 Å². The van der Waals surface area contributed by atoms with Crippen LogP contribution < -0.4 is 10.9 Å². The van der Waals surface area contributed by atoms with Gasteiger partial charge in [-0.15, -0.1) is 0 Å². The van der Waals surface area contributed by atoms with E-state index in [2.05, 4.69) is 24.1 Å². The van der Waals surface area contributed by atoms with Crippen molar-refractivity contribution in [3.63, 3.8) is 0 Å². The van der Waals surface area contributed by atoms with Crippen LogP contribution in [0.4, 0.5) is 0 Å². The first-order chi connectivity index (χ1) is 9.46. The Morgan fingerprint density at radius 2 is 2.25 bits per heavy atom. The van der Waals surface area contributed by atoms with Gasteiger partial charge in [0.25, 0.3) is 0 Å². The van der Waals surface area contributed by atoms with E-state index in [1.54, 1.807) is 18.3 Å². The average Bonchev–Trinajstić information content (AvgIpc) is 2.77. The normalized spacial score (nSPS) is 23.1. The molecule has 2 aromatic heterocycles. The Morgan fingerprint density at radius 1 is 1.45 bits per heavy atom. The number of hydrogen-bond acceptors (Lipinski definition) is 5. The highest BCUT2D eigenvalue weighted by molar-refractivity contribution is 5.77. The maximum absolute atomic E-state index is 11.2. The lowest BCUT2D eigenvalue weighted by atomic mass is 9.98. The smallest absolute Gasteiger partial charge is 0.337 e. The molecule has 1 fully saturated rings. The molecule has 0 saturated carbocycles. The molecule has 3 rings (SSSR count). The van der Waals surface area contributed by atoms with Crippen molar-refractivity contribution in [2.75, 3.05) is 0 Å². The van der Waals surface area contributed by atoms with Crippen LogP contribution in [-0.2, 0) is 0 Å². The van der Waals surface area contributed by atoms with Crippen molar-refractivity contribution in [3.05, 3.63) is 40.4 Å². The lowest BCUT2D eigenvalue weighted by Crippen LogP contribution is -2.40. The molecule has 0 radical (unpaired) electrons. The summed E-state index contributed by atoms with van der Waals surface area (Å²) >= 11 is 0. The largest absolute Gasteiger partial charge is 0.404 e. The summed E-state index contributed by atoms with van der Waals surface area (Å²) in [6.07, 6.45) is 2.85. The molecule has 2 N–H and O–H groups in total. The SMILES string of the molecule is CC1(C)CC[C@@H]([C@H](O)c2ccnc3oc(=O)ccc23)N1. The van der Waals surface area contributed by atoms with Gasteiger partial charge < -0.3 is 14.8 Å². The van der Waals surface area contributed by atoms with Crippen molar-refractivity contribution < 1.29 is 9.52 Å². The summed E-state index contributed by atoms with van der Waals surface area (Å²) in [5, 5.41) is 14.7. The lowest BCUT2D eigenvalue weighted by Gasteiger charge is -2.24. The zero-order valence-corrected chi connectivity index (χ0v) is 11.6. The molecule has 1 aliphatic heterocycles. The van der Waals surface area contributed by atoms with Crippen LogP contribution in [0.25, 0.3) is 11.1 Å². The number of aliphatic hydroxyl groups is 1. The summed E-state index contributed by atoms with van der Waals surface area (Å²) in [5.74, 6) is 0. The number of aromatic nitrogens is 1. The number of aliphatic hydroxyl groups excluding tert-OH is 1. The maximum atomic E-state index is 11.2. The second-order valence-electron chi connectivity index (χ2n) is 5.99. The number of nitrogens with zero attached hydrogens (tertiary/aromatic N) is 1. The van der Waals surface area contributed by atoms with Crippen LogP contribution in [-0.4, -0.2) is 21.7 Å². The summed E-state index contributed by atoms with van der Waals surface area (Å²) in [4.78, 5) is 15.3. The van der Waals surface area contributed by atoms with E-state index in [0.29, 0.717) is 5.39 Å². The molecule has 0 aliphatic carbocycles. The fourth-order valence-electron chi connectivity index (χ4n) is 2.87. The van der Waals surface area contributed by atoms with Gasteiger partial charge in [0.2, 0.25) is 5.71 Å². The van der Waals surface area contributed by atoms with Crippen molar-refractivity contribution >= 4 is 11.1 Å². The molecular formula is C15H18N2O3. The number of nitrogens with one attached hydrogen (secondary N) is 1. The topological polar surface area (TPSA) is 75.4 Å². The minimum absolute atomic E-state index is 0.00234. The molecular weight excluding hydrogens is 256 g/mol. The van der Waals surface area contributed by atoms with Gasteiger partial charge in [-0.2, -0.15) is 0 Å². The first-order valence-corrected chi connectivity index (χ1v) is 6.81. The number of fused-ring (bicyclic) bond motifs is 1. The first-order valence-electron chi connectivity index (χ1n) is 6.81. The predicted octanol–water partition coefficient (Wildman–Crippen LogP) is 1.75. The van der Waals surface area contributed by atoms with Gasteiger partial charge in [-0.3, -0.25) is 0 Å². The summed E-state index contributed by atoms with van der Waals surface area (Å²) in [5.41, 5.74) is 0.623. The van der Waals surface area contributed by atoms with Crippen LogP contribution in [0.1, 0.15) is 38.4 Å². The lowest BCUT2D eigenvalue weighted by molar-refractivity contribution is 0.133. The van der Waals surface area contributed by atoms with Crippen LogP contribution in [0, 0.1) is 0 Å². The van der Waals surface area contributed by atoms with E-state index in [1.807, 2.05) is 0 Å². The molecule has 0 amide bonds. The predicted molar refractivity (Wildman–Crippen MR) is 75.5 cm³/mol. The van der Waals surface area contributed by atoms with Crippen LogP contribution in [0.2, 0.25) is 0 Å². The van der Waals surface area contributed by atoms with Crippen molar-refractivity contribution in [1.29, 1.82) is 0 Å². The molecule has 2 atom stereocenters. The average molecular weight is 274 g/mol. The van der Waals surface area contributed by atoms with Gasteiger partial charge in [-0.25, -0.2) is 9.78 Å². The molecule has 1 aliphatic rings. The molecule has 20 heavy (non-hydrogen) atoms. The third kappa shape index (κ3) is 2.34. The molecule has 0 bridgehead atoms. The Kier molecular flexibility index (Phi) is 3.11. The highest BCUT2D eigenvalue weighted by Gasteiger charge is 2.35. The van der Waals surface area contributed by atoms with E-state index in [1.165, 1.54) is 6.07 Å². The molecule has 3 heterocycles. The van der Waals surface area contributed by atoms with E-state index in [0.717, 1.165) is 18.4 Å². The molecule has 2 aromatic rings. The number of hydrogen-bond donors (Lipinski definition) is 2. The van der Waals surface area contributed by atoms with Gasteiger partial charge in [0.15, 0.2) is 0 Å². The second-order valence-corrected chi connectivity index (χ2v) is 5.99. The van der Waals surface area contributed by atoms with E-state index >= 15 is 0 Å². The third-order valence-electron chi connectivity index (χ3n) is 3.93. The van der Waals surface area contributed by atoms with E-state index in [-0.39, 0.29) is 17.3 Å². The Labute approximate surface area is 116 Å². The zero-order valence-electron chi connectivity index (χ0n) is 11.6. The van der Waals surface area contributed by atoms with E-state index < -0.39 is 11.7 Å². The Hall–Kier alpha value is -1.72. The summed E-state index contributed by atoms with van der Waals surface area (Å²) < 4.78 is 5.06. The molecule has 0 spiro atoms. The van der Waals surface area contributed by atoms with Crippen molar-refractivity contribution in [2.45, 2.75) is 44.4 Å². The van der Waals surface area contributed by atoms with E-state index in [9.17, 15) is 9.90 Å². The first kappa shape index (κ1) is 13.3. The third-order valence-corrected chi connectivity index (χ3v) is 3.93.